The Morgan fingerprint density at radius 3 is 2.64 bits per heavy atom. The van der Waals surface area contributed by atoms with E-state index in [1.54, 1.807) is 27.3 Å². The maximum atomic E-state index is 13.2. The molecule has 0 atom stereocenters. The summed E-state index contributed by atoms with van der Waals surface area (Å²) in [6.07, 6.45) is 1.98. The number of aryl methyl sites for hydroxylation is 2. The van der Waals surface area contributed by atoms with E-state index in [9.17, 15) is 4.79 Å². The highest BCUT2D eigenvalue weighted by Gasteiger charge is 2.21. The van der Waals surface area contributed by atoms with Crippen molar-refractivity contribution in [1.82, 2.24) is 13.9 Å². The molecule has 0 saturated heterocycles. The Kier molecular flexibility index (Phi) is 6.10. The normalized spacial score (nSPS) is 10.6. The van der Waals surface area contributed by atoms with Gasteiger partial charge in [0.25, 0.3) is 0 Å². The van der Waals surface area contributed by atoms with E-state index in [4.69, 9.17) is 5.26 Å². The van der Waals surface area contributed by atoms with Crippen molar-refractivity contribution in [2.45, 2.75) is 27.7 Å². The van der Waals surface area contributed by atoms with Crippen LogP contribution in [0, 0.1) is 25.2 Å². The number of nitrogens with one attached hydrogen (secondary N) is 1. The fraction of sp³-hybridized carbons (Fsp3) is 0.190. The largest absolute Gasteiger partial charge is 0.335 e. The van der Waals surface area contributed by atoms with Gasteiger partial charge in [0, 0.05) is 47.5 Å². The number of aromatic amines is 1. The van der Waals surface area contributed by atoms with Crippen LogP contribution < -0.4 is 0 Å². The van der Waals surface area contributed by atoms with Gasteiger partial charge in [-0.1, -0.05) is 19.9 Å². The van der Waals surface area contributed by atoms with Gasteiger partial charge in [-0.3, -0.25) is 8.77 Å². The zero-order valence-corrected chi connectivity index (χ0v) is 19.0. The average molecular weight is 502 g/mol. The molecule has 142 valence electrons. The minimum absolute atomic E-state index is 0.140. The Hall–Kier alpha value is -2.31. The van der Waals surface area contributed by atoms with Crippen molar-refractivity contribution in [3.8, 4) is 6.07 Å². The maximum Gasteiger partial charge on any atom is 0.229 e. The van der Waals surface area contributed by atoms with E-state index in [0.717, 1.165) is 22.0 Å². The van der Waals surface area contributed by atoms with Crippen LogP contribution in [0.4, 0.5) is 0 Å². The predicted octanol–water partition coefficient (Wildman–Crippen LogP) is 6.11. The van der Waals surface area contributed by atoms with Crippen LogP contribution in [0.5, 0.6) is 0 Å². The molecule has 0 aliphatic heterocycles. The fourth-order valence-corrected chi connectivity index (χ4v) is 4.75. The van der Waals surface area contributed by atoms with Crippen molar-refractivity contribution in [1.29, 1.82) is 5.26 Å². The van der Waals surface area contributed by atoms with E-state index >= 15 is 0 Å². The lowest BCUT2D eigenvalue weighted by Crippen LogP contribution is -2.07. The van der Waals surface area contributed by atoms with E-state index in [1.807, 2.05) is 39.1 Å². The van der Waals surface area contributed by atoms with Gasteiger partial charge in [0.05, 0.1) is 28.2 Å². The molecule has 0 radical (unpaired) electrons. The number of rotatable bonds is 3. The highest BCUT2D eigenvalue weighted by Crippen LogP contribution is 2.32. The Labute approximate surface area is 179 Å². The summed E-state index contributed by atoms with van der Waals surface area (Å²) < 4.78 is 2.05. The number of carbonyl (C=O) groups excluding carboxylic acids is 1. The van der Waals surface area contributed by atoms with Crippen LogP contribution in [0.25, 0.3) is 21.9 Å². The van der Waals surface area contributed by atoms with Crippen molar-refractivity contribution < 1.29 is 4.79 Å². The zero-order chi connectivity index (χ0) is 20.4. The number of fused-ring (bicyclic) bond motifs is 2. The lowest BCUT2D eigenvalue weighted by atomic mass is 9.97. The maximum absolute atomic E-state index is 13.2. The van der Waals surface area contributed by atoms with Crippen LogP contribution in [0.3, 0.4) is 0 Å². The van der Waals surface area contributed by atoms with Gasteiger partial charge in [0.1, 0.15) is 0 Å². The third-order valence-electron chi connectivity index (χ3n) is 4.45. The van der Waals surface area contributed by atoms with E-state index in [2.05, 4.69) is 48.1 Å². The highest BCUT2D eigenvalue weighted by molar-refractivity contribution is 14.2. The molecule has 2 aromatic carbocycles. The number of carbonyl (C=O) groups is 1. The number of aromatic nitrogens is 3. The van der Waals surface area contributed by atoms with E-state index in [-0.39, 0.29) is 5.78 Å². The van der Waals surface area contributed by atoms with Crippen LogP contribution in [0.1, 0.15) is 46.7 Å². The summed E-state index contributed by atoms with van der Waals surface area (Å²) >= 11 is 2.23. The summed E-state index contributed by atoms with van der Waals surface area (Å²) in [5, 5.41) is 9.97. The molecule has 1 N–H and O–H groups in total. The number of hydrogen-bond acceptors (Lipinski definition) is 4. The lowest BCUT2D eigenvalue weighted by Gasteiger charge is -2.09. The Morgan fingerprint density at radius 1 is 1.21 bits per heavy atom. The minimum atomic E-state index is -0.140. The molecule has 0 saturated carbocycles. The van der Waals surface area contributed by atoms with E-state index in [1.165, 1.54) is 0 Å². The topological polar surface area (TPSA) is 74.5 Å². The standard InChI is InChI=1S/C19H13IN4OS.C2H6/c1-10-7-11(2)17-13(5-6-24(17)26-20)16(10)18(25)19-22-14-4-3-12(9-21)8-15(14)23-19;1-2/h3-8H,1-2H3,(H,22,23);1-2H3. The summed E-state index contributed by atoms with van der Waals surface area (Å²) in [5.41, 5.74) is 5.66. The summed E-state index contributed by atoms with van der Waals surface area (Å²) in [5.74, 6) is 0.150. The smallest absolute Gasteiger partial charge is 0.229 e. The second-order valence-corrected chi connectivity index (χ2v) is 7.83. The third-order valence-corrected chi connectivity index (χ3v) is 6.18. The molecule has 5 nitrogen and oxygen atoms in total. The number of nitriles is 1. The SMILES string of the molecule is CC.Cc1cc(C)c2c(ccn2SI)c1C(=O)c1nc2ccc(C#N)cc2[nH]1. The summed E-state index contributed by atoms with van der Waals surface area (Å²) in [6.45, 7) is 8.00. The Bertz CT molecular complexity index is 1230. The van der Waals surface area contributed by atoms with Crippen LogP contribution in [0.15, 0.2) is 36.5 Å². The van der Waals surface area contributed by atoms with E-state index < -0.39 is 0 Å². The first-order chi connectivity index (χ1) is 13.5. The molecule has 0 unspecified atom stereocenters. The monoisotopic (exact) mass is 502 g/mol. The number of H-pyrrole nitrogens is 1. The number of imidazole rings is 1. The van der Waals surface area contributed by atoms with Gasteiger partial charge in [0.2, 0.25) is 5.78 Å². The molecule has 4 rings (SSSR count). The first-order valence-corrected chi connectivity index (χ1v) is 12.2. The van der Waals surface area contributed by atoms with Gasteiger partial charge in [-0.2, -0.15) is 5.26 Å². The fourth-order valence-electron chi connectivity index (χ4n) is 3.34. The van der Waals surface area contributed by atoms with Crippen molar-refractivity contribution in [3.63, 3.8) is 0 Å². The van der Waals surface area contributed by atoms with Crippen molar-refractivity contribution in [2.24, 2.45) is 0 Å². The molecule has 0 amide bonds. The first kappa shape index (κ1) is 20.4. The second-order valence-electron chi connectivity index (χ2n) is 6.12. The zero-order valence-electron chi connectivity index (χ0n) is 16.0. The Balaban J connectivity index is 0.00000109. The molecule has 2 aromatic heterocycles. The molecule has 0 aliphatic carbocycles. The molecule has 0 bridgehead atoms. The van der Waals surface area contributed by atoms with Crippen molar-refractivity contribution >= 4 is 58.0 Å². The highest BCUT2D eigenvalue weighted by atomic mass is 127. The number of nitrogens with zero attached hydrogens (tertiary/aromatic N) is 3. The van der Waals surface area contributed by atoms with Crippen LogP contribution >= 0.6 is 30.3 Å². The summed E-state index contributed by atoms with van der Waals surface area (Å²) in [6, 6.07) is 11.3. The van der Waals surface area contributed by atoms with Crippen LogP contribution in [-0.4, -0.2) is 19.7 Å². The van der Waals surface area contributed by atoms with Crippen LogP contribution in [0.2, 0.25) is 0 Å². The minimum Gasteiger partial charge on any atom is -0.335 e. The van der Waals surface area contributed by atoms with Gasteiger partial charge in [-0.05, 0) is 49.2 Å². The number of halogens is 1. The molecule has 0 spiro atoms. The van der Waals surface area contributed by atoms with Crippen molar-refractivity contribution in [3.05, 3.63) is 64.6 Å². The quantitative estimate of drug-likeness (QED) is 0.271. The second kappa shape index (κ2) is 8.37. The lowest BCUT2D eigenvalue weighted by molar-refractivity contribution is 0.103. The average Bonchev–Trinajstić information content (AvgIpc) is 3.32. The van der Waals surface area contributed by atoms with Gasteiger partial charge >= 0.3 is 0 Å². The third kappa shape index (κ3) is 3.42. The molecular weight excluding hydrogens is 483 g/mol. The molecular formula is C21H19IN4OS. The van der Waals surface area contributed by atoms with Crippen LogP contribution in [-0.2, 0) is 0 Å². The predicted molar refractivity (Wildman–Crippen MR) is 124 cm³/mol. The molecule has 28 heavy (non-hydrogen) atoms. The van der Waals surface area contributed by atoms with Crippen molar-refractivity contribution in [2.75, 3.05) is 0 Å². The van der Waals surface area contributed by atoms with E-state index in [0.29, 0.717) is 28.0 Å². The van der Waals surface area contributed by atoms with Gasteiger partial charge in [-0.25, -0.2) is 4.98 Å². The number of benzene rings is 2. The first-order valence-electron chi connectivity index (χ1n) is 8.88. The molecule has 0 aliphatic rings. The molecule has 0 fully saturated rings. The molecule has 2 heterocycles. The van der Waals surface area contributed by atoms with Gasteiger partial charge in [0.15, 0.2) is 5.82 Å². The number of ketones is 1. The summed E-state index contributed by atoms with van der Waals surface area (Å²) in [4.78, 5) is 20.7. The molecule has 7 heteroatoms. The summed E-state index contributed by atoms with van der Waals surface area (Å²) in [7, 11) is 1.57. The van der Waals surface area contributed by atoms with Gasteiger partial charge < -0.3 is 4.98 Å². The molecule has 4 aromatic rings. The number of hydrogen-bond donors (Lipinski definition) is 1. The van der Waals surface area contributed by atoms with Gasteiger partial charge in [-0.15, -0.1) is 0 Å². The Morgan fingerprint density at radius 2 is 1.96 bits per heavy atom.